The molecule has 0 aliphatic heterocycles. The molecule has 0 aromatic carbocycles. The summed E-state index contributed by atoms with van der Waals surface area (Å²) in [5, 5.41) is 2.65. The lowest BCUT2D eigenvalue weighted by atomic mass is 10.0. The molecule has 0 saturated heterocycles. The van der Waals surface area contributed by atoms with Crippen LogP contribution in [0.15, 0.2) is 0 Å². The van der Waals surface area contributed by atoms with Crippen LogP contribution in [0.3, 0.4) is 0 Å². The Morgan fingerprint density at radius 2 is 1.68 bits per heavy atom. The second-order valence-corrected chi connectivity index (χ2v) is 5.05. The number of rotatable bonds is 6. The molecule has 0 aromatic rings. The van der Waals surface area contributed by atoms with Crippen LogP contribution in [-0.2, 0) is 9.47 Å². The Hall–Kier alpha value is -1.46. The minimum Gasteiger partial charge on any atom is -0.450 e. The monoisotopic (exact) mass is 274 g/mol. The number of nitrogens with one attached hydrogen (secondary N) is 1. The lowest BCUT2D eigenvalue weighted by Gasteiger charge is -2.40. The van der Waals surface area contributed by atoms with Gasteiger partial charge in [-0.15, -0.1) is 0 Å². The van der Waals surface area contributed by atoms with Gasteiger partial charge in [-0.05, 0) is 41.5 Å². The van der Waals surface area contributed by atoms with Crippen LogP contribution in [0.1, 0.15) is 41.5 Å². The number of nitrogens with zero attached hydrogens (tertiary/aromatic N) is 1. The number of alkyl carbamates (subject to hydrolysis) is 1. The summed E-state index contributed by atoms with van der Waals surface area (Å²) < 4.78 is 9.85. The molecule has 19 heavy (non-hydrogen) atoms. The van der Waals surface area contributed by atoms with Crippen molar-refractivity contribution in [2.24, 2.45) is 0 Å². The molecule has 0 heterocycles. The van der Waals surface area contributed by atoms with Gasteiger partial charge < -0.3 is 14.8 Å². The summed E-state index contributed by atoms with van der Waals surface area (Å²) in [6.45, 7) is 12.0. The maximum atomic E-state index is 12.0. The molecule has 0 aromatic heterocycles. The summed E-state index contributed by atoms with van der Waals surface area (Å²) in [6.07, 6.45) is -0.865. The van der Waals surface area contributed by atoms with Crippen molar-refractivity contribution in [1.82, 2.24) is 10.2 Å². The summed E-state index contributed by atoms with van der Waals surface area (Å²) in [5.41, 5.74) is -0.562. The van der Waals surface area contributed by atoms with E-state index in [-0.39, 0.29) is 12.1 Å². The highest BCUT2D eigenvalue weighted by atomic mass is 16.6. The lowest BCUT2D eigenvalue weighted by Crippen LogP contribution is -2.57. The van der Waals surface area contributed by atoms with E-state index in [0.29, 0.717) is 19.8 Å². The molecule has 112 valence electrons. The van der Waals surface area contributed by atoms with E-state index in [1.807, 2.05) is 27.7 Å². The molecule has 0 fully saturated rings. The molecule has 0 aliphatic rings. The van der Waals surface area contributed by atoms with Gasteiger partial charge in [-0.25, -0.2) is 9.59 Å². The van der Waals surface area contributed by atoms with E-state index in [1.165, 1.54) is 0 Å². The standard InChI is InChI=1S/C13H26N2O4/c1-7-18-11(16)14-9-13(5,6)15(10(3)4)12(17)19-8-2/h10H,7-9H2,1-6H3,(H,14,16). The van der Waals surface area contributed by atoms with E-state index >= 15 is 0 Å². The van der Waals surface area contributed by atoms with Crippen LogP contribution >= 0.6 is 0 Å². The molecule has 1 N–H and O–H groups in total. The molecule has 0 atom stereocenters. The third kappa shape index (κ3) is 5.81. The maximum absolute atomic E-state index is 12.0. The fourth-order valence-electron chi connectivity index (χ4n) is 1.91. The molecule has 0 rings (SSSR count). The maximum Gasteiger partial charge on any atom is 0.410 e. The van der Waals surface area contributed by atoms with E-state index in [4.69, 9.17) is 9.47 Å². The number of ether oxygens (including phenoxy) is 2. The average Bonchev–Trinajstić information content (AvgIpc) is 2.26. The Morgan fingerprint density at radius 3 is 2.11 bits per heavy atom. The summed E-state index contributed by atoms with van der Waals surface area (Å²) in [4.78, 5) is 24.9. The molecule has 0 unspecified atom stereocenters. The van der Waals surface area contributed by atoms with Gasteiger partial charge in [0.25, 0.3) is 0 Å². The molecule has 2 amide bonds. The number of hydrogen-bond donors (Lipinski definition) is 1. The Balaban J connectivity index is 4.70. The predicted molar refractivity (Wildman–Crippen MR) is 73.1 cm³/mol. The summed E-state index contributed by atoms with van der Waals surface area (Å²) >= 11 is 0. The van der Waals surface area contributed by atoms with Gasteiger partial charge >= 0.3 is 12.2 Å². The highest BCUT2D eigenvalue weighted by Crippen LogP contribution is 2.18. The zero-order valence-corrected chi connectivity index (χ0v) is 12.8. The highest BCUT2D eigenvalue weighted by molar-refractivity contribution is 5.70. The van der Waals surface area contributed by atoms with Crippen molar-refractivity contribution >= 4 is 12.2 Å². The molecule has 6 nitrogen and oxygen atoms in total. The van der Waals surface area contributed by atoms with Gasteiger partial charge in [-0.1, -0.05) is 0 Å². The van der Waals surface area contributed by atoms with Crippen molar-refractivity contribution in [3.63, 3.8) is 0 Å². The van der Waals surface area contributed by atoms with Gasteiger partial charge in [-0.3, -0.25) is 4.90 Å². The molecular weight excluding hydrogens is 248 g/mol. The first kappa shape index (κ1) is 17.5. The van der Waals surface area contributed by atoms with Gasteiger partial charge in [0, 0.05) is 12.6 Å². The van der Waals surface area contributed by atoms with E-state index in [1.54, 1.807) is 18.7 Å². The quantitative estimate of drug-likeness (QED) is 0.807. The van der Waals surface area contributed by atoms with Crippen molar-refractivity contribution in [3.05, 3.63) is 0 Å². The number of amides is 2. The minimum absolute atomic E-state index is 0.0296. The average molecular weight is 274 g/mol. The lowest BCUT2D eigenvalue weighted by molar-refractivity contribution is 0.0470. The van der Waals surface area contributed by atoms with Gasteiger partial charge in [-0.2, -0.15) is 0 Å². The fourth-order valence-corrected chi connectivity index (χ4v) is 1.91. The predicted octanol–water partition coefficient (Wildman–Crippen LogP) is 2.38. The smallest absolute Gasteiger partial charge is 0.410 e. The van der Waals surface area contributed by atoms with Crippen molar-refractivity contribution in [2.45, 2.75) is 53.1 Å². The third-order valence-corrected chi connectivity index (χ3v) is 2.57. The first-order chi connectivity index (χ1) is 8.76. The number of hydrogen-bond acceptors (Lipinski definition) is 4. The van der Waals surface area contributed by atoms with Crippen LogP contribution in [0.25, 0.3) is 0 Å². The zero-order chi connectivity index (χ0) is 15.1. The Bertz CT molecular complexity index is 303. The van der Waals surface area contributed by atoms with Crippen LogP contribution in [0.2, 0.25) is 0 Å². The topological polar surface area (TPSA) is 67.9 Å². The van der Waals surface area contributed by atoms with Crippen LogP contribution in [0.5, 0.6) is 0 Å². The van der Waals surface area contributed by atoms with Gasteiger partial charge in [0.1, 0.15) is 0 Å². The molecule has 0 bridgehead atoms. The largest absolute Gasteiger partial charge is 0.450 e. The Labute approximate surface area is 115 Å². The number of carbonyl (C=O) groups excluding carboxylic acids is 2. The minimum atomic E-state index is -0.562. The van der Waals surface area contributed by atoms with Crippen molar-refractivity contribution in [1.29, 1.82) is 0 Å². The third-order valence-electron chi connectivity index (χ3n) is 2.57. The summed E-state index contributed by atoms with van der Waals surface area (Å²) in [7, 11) is 0. The van der Waals surface area contributed by atoms with Crippen molar-refractivity contribution in [3.8, 4) is 0 Å². The molecule has 0 radical (unpaired) electrons. The van der Waals surface area contributed by atoms with Crippen LogP contribution in [0.4, 0.5) is 9.59 Å². The van der Waals surface area contributed by atoms with Gasteiger partial charge in [0.15, 0.2) is 0 Å². The fraction of sp³-hybridized carbons (Fsp3) is 0.846. The van der Waals surface area contributed by atoms with Gasteiger partial charge in [0.05, 0.1) is 18.8 Å². The van der Waals surface area contributed by atoms with Gasteiger partial charge in [0.2, 0.25) is 0 Å². The molecule has 0 saturated carbocycles. The zero-order valence-electron chi connectivity index (χ0n) is 12.8. The van der Waals surface area contributed by atoms with Crippen LogP contribution in [0, 0.1) is 0 Å². The first-order valence-electron chi connectivity index (χ1n) is 6.63. The van der Waals surface area contributed by atoms with E-state index in [0.717, 1.165) is 0 Å². The van der Waals surface area contributed by atoms with Crippen LogP contribution < -0.4 is 5.32 Å². The Kier molecular flexibility index (Phi) is 7.26. The first-order valence-corrected chi connectivity index (χ1v) is 6.63. The molecular formula is C13H26N2O4. The summed E-state index contributed by atoms with van der Waals surface area (Å²) in [6, 6.07) is -0.0296. The van der Waals surface area contributed by atoms with Crippen molar-refractivity contribution < 1.29 is 19.1 Å². The molecule has 6 heteroatoms. The molecule has 0 spiro atoms. The molecule has 0 aliphatic carbocycles. The van der Waals surface area contributed by atoms with Crippen molar-refractivity contribution in [2.75, 3.05) is 19.8 Å². The highest BCUT2D eigenvalue weighted by Gasteiger charge is 2.34. The number of carbonyl (C=O) groups is 2. The van der Waals surface area contributed by atoms with E-state index < -0.39 is 11.6 Å². The second-order valence-electron chi connectivity index (χ2n) is 5.05. The second kappa shape index (κ2) is 7.86. The normalized spacial score (nSPS) is 11.1. The van der Waals surface area contributed by atoms with Crippen LogP contribution in [-0.4, -0.2) is 48.4 Å². The van der Waals surface area contributed by atoms with E-state index in [9.17, 15) is 9.59 Å². The summed E-state index contributed by atoms with van der Waals surface area (Å²) in [5.74, 6) is 0. The Morgan fingerprint density at radius 1 is 1.16 bits per heavy atom. The van der Waals surface area contributed by atoms with E-state index in [2.05, 4.69) is 5.32 Å². The SMILES string of the molecule is CCOC(=O)NCC(C)(C)N(C(=O)OCC)C(C)C.